The Morgan fingerprint density at radius 2 is 1.59 bits per heavy atom. The first-order chi connectivity index (χ1) is 12.7. The monoisotopic (exact) mass is 399 g/mol. The van der Waals surface area contributed by atoms with E-state index in [4.69, 9.17) is 11.6 Å². The van der Waals surface area contributed by atoms with Gasteiger partial charge in [0.1, 0.15) is 11.6 Å². The van der Waals surface area contributed by atoms with E-state index in [0.717, 1.165) is 36.4 Å². The molecule has 3 rings (SSSR count). The summed E-state index contributed by atoms with van der Waals surface area (Å²) in [7, 11) is 0. The van der Waals surface area contributed by atoms with Gasteiger partial charge in [0.25, 0.3) is 0 Å². The van der Waals surface area contributed by atoms with Crippen LogP contribution in [0.25, 0.3) is 11.3 Å². The van der Waals surface area contributed by atoms with Gasteiger partial charge in [0, 0.05) is 29.5 Å². The van der Waals surface area contributed by atoms with Crippen LogP contribution >= 0.6 is 11.6 Å². The lowest BCUT2D eigenvalue weighted by Gasteiger charge is -2.17. The summed E-state index contributed by atoms with van der Waals surface area (Å²) in [5.74, 6) is -1.62. The molecule has 0 aliphatic rings. The van der Waals surface area contributed by atoms with E-state index in [1.54, 1.807) is 0 Å². The fourth-order valence-corrected chi connectivity index (χ4v) is 3.01. The molecule has 0 bridgehead atoms. The lowest BCUT2D eigenvalue weighted by Crippen LogP contribution is -2.13. The van der Waals surface area contributed by atoms with Gasteiger partial charge in [-0.15, -0.1) is 0 Å². The van der Waals surface area contributed by atoms with Crippen molar-refractivity contribution >= 4 is 11.6 Å². The van der Waals surface area contributed by atoms with Crippen LogP contribution in [-0.4, -0.2) is 4.57 Å². The second-order valence-corrected chi connectivity index (χ2v) is 6.12. The predicted octanol–water partition coefficient (Wildman–Crippen LogP) is 5.51. The molecule has 1 heterocycles. The zero-order valence-corrected chi connectivity index (χ0v) is 14.3. The first-order valence-corrected chi connectivity index (χ1v) is 8.05. The standard InChI is InChI=1S/C19H11ClF5NO/c20-18-12(3-1-4-14(18)19(23,24)25)17-9-11(27)7-8-26(17)10-13-15(21)5-2-6-16(13)22/h1-9H,10H2. The molecule has 0 aliphatic carbocycles. The van der Waals surface area contributed by atoms with E-state index in [1.165, 1.54) is 22.9 Å². The summed E-state index contributed by atoms with van der Waals surface area (Å²) in [6.45, 7) is -0.333. The van der Waals surface area contributed by atoms with Crippen LogP contribution in [0.1, 0.15) is 11.1 Å². The smallest absolute Gasteiger partial charge is 0.343 e. The number of aromatic nitrogens is 1. The molecule has 3 aromatic rings. The summed E-state index contributed by atoms with van der Waals surface area (Å²) >= 11 is 5.93. The number of pyridine rings is 1. The summed E-state index contributed by atoms with van der Waals surface area (Å²) in [4.78, 5) is 11.8. The Balaban J connectivity index is 2.18. The summed E-state index contributed by atoms with van der Waals surface area (Å²) in [5, 5.41) is -0.599. The molecule has 0 amide bonds. The molecule has 0 atom stereocenters. The Hall–Kier alpha value is -2.67. The van der Waals surface area contributed by atoms with Crippen molar-refractivity contribution in [1.29, 1.82) is 0 Å². The molecule has 27 heavy (non-hydrogen) atoms. The van der Waals surface area contributed by atoms with E-state index in [9.17, 15) is 26.7 Å². The molecule has 0 saturated heterocycles. The largest absolute Gasteiger partial charge is 0.417 e. The Labute approximate surface area is 155 Å². The molecule has 0 unspecified atom stereocenters. The van der Waals surface area contributed by atoms with Crippen molar-refractivity contribution in [2.24, 2.45) is 0 Å². The third kappa shape index (κ3) is 3.88. The maximum Gasteiger partial charge on any atom is 0.417 e. The Kier molecular flexibility index (Phi) is 5.06. The first-order valence-electron chi connectivity index (χ1n) is 7.68. The van der Waals surface area contributed by atoms with Crippen LogP contribution in [0.15, 0.2) is 59.5 Å². The molecule has 0 fully saturated rings. The van der Waals surface area contributed by atoms with E-state index < -0.39 is 33.8 Å². The highest BCUT2D eigenvalue weighted by molar-refractivity contribution is 6.34. The molecule has 0 radical (unpaired) electrons. The highest BCUT2D eigenvalue weighted by Gasteiger charge is 2.34. The fraction of sp³-hybridized carbons (Fsp3) is 0.105. The minimum Gasteiger partial charge on any atom is -0.343 e. The predicted molar refractivity (Wildman–Crippen MR) is 91.6 cm³/mol. The van der Waals surface area contributed by atoms with Crippen LogP contribution in [0, 0.1) is 11.6 Å². The lowest BCUT2D eigenvalue weighted by atomic mass is 10.1. The zero-order chi connectivity index (χ0) is 19.8. The minimum absolute atomic E-state index is 0.0150. The van der Waals surface area contributed by atoms with E-state index in [1.807, 2.05) is 0 Å². The number of halogens is 6. The summed E-state index contributed by atoms with van der Waals surface area (Å²) in [6.07, 6.45) is -3.44. The van der Waals surface area contributed by atoms with Crippen LogP contribution < -0.4 is 5.43 Å². The van der Waals surface area contributed by atoms with Crippen molar-refractivity contribution in [1.82, 2.24) is 4.57 Å². The molecule has 8 heteroatoms. The summed E-state index contributed by atoms with van der Waals surface area (Å²) in [6, 6.07) is 8.81. The van der Waals surface area contributed by atoms with Gasteiger partial charge in [-0.2, -0.15) is 13.2 Å². The van der Waals surface area contributed by atoms with Crippen molar-refractivity contribution in [2.75, 3.05) is 0 Å². The van der Waals surface area contributed by atoms with Gasteiger partial charge < -0.3 is 4.57 Å². The van der Waals surface area contributed by atoms with Gasteiger partial charge in [-0.1, -0.05) is 29.8 Å². The Morgan fingerprint density at radius 3 is 2.22 bits per heavy atom. The van der Waals surface area contributed by atoms with Crippen molar-refractivity contribution in [3.05, 3.63) is 92.7 Å². The second-order valence-electron chi connectivity index (χ2n) is 5.74. The van der Waals surface area contributed by atoms with Crippen molar-refractivity contribution < 1.29 is 22.0 Å². The van der Waals surface area contributed by atoms with Crippen molar-refractivity contribution in [3.8, 4) is 11.3 Å². The second kappa shape index (κ2) is 7.15. The number of rotatable bonds is 3. The maximum atomic E-state index is 14.0. The third-order valence-electron chi connectivity index (χ3n) is 3.98. The molecule has 0 spiro atoms. The van der Waals surface area contributed by atoms with Gasteiger partial charge in [0.05, 0.1) is 22.8 Å². The summed E-state index contributed by atoms with van der Waals surface area (Å²) < 4.78 is 68.6. The average Bonchev–Trinajstić information content (AvgIpc) is 2.58. The number of benzene rings is 2. The van der Waals surface area contributed by atoms with Crippen LogP contribution in [-0.2, 0) is 12.7 Å². The molecular formula is C19H11ClF5NO. The van der Waals surface area contributed by atoms with Crippen LogP contribution in [0.5, 0.6) is 0 Å². The van der Waals surface area contributed by atoms with Gasteiger partial charge >= 0.3 is 6.18 Å². The molecule has 2 nitrogen and oxygen atoms in total. The number of hydrogen-bond acceptors (Lipinski definition) is 1. The van der Waals surface area contributed by atoms with Crippen molar-refractivity contribution in [3.63, 3.8) is 0 Å². The molecule has 2 aromatic carbocycles. The van der Waals surface area contributed by atoms with Crippen LogP contribution in [0.3, 0.4) is 0 Å². The average molecular weight is 400 g/mol. The van der Waals surface area contributed by atoms with E-state index >= 15 is 0 Å². The first kappa shape index (κ1) is 19.1. The molecule has 140 valence electrons. The van der Waals surface area contributed by atoms with Gasteiger partial charge in [-0.25, -0.2) is 8.78 Å². The SMILES string of the molecule is O=c1ccn(Cc2c(F)cccc2F)c(-c2cccc(C(F)(F)F)c2Cl)c1. The maximum absolute atomic E-state index is 14.0. The van der Waals surface area contributed by atoms with E-state index in [2.05, 4.69) is 0 Å². The number of nitrogens with zero attached hydrogens (tertiary/aromatic N) is 1. The quantitative estimate of drug-likeness (QED) is 0.532. The van der Waals surface area contributed by atoms with Gasteiger partial charge in [0.15, 0.2) is 5.43 Å². The topological polar surface area (TPSA) is 22.0 Å². The Morgan fingerprint density at radius 1 is 0.963 bits per heavy atom. The molecule has 0 saturated carbocycles. The van der Waals surface area contributed by atoms with Gasteiger partial charge in [0.2, 0.25) is 0 Å². The highest BCUT2D eigenvalue weighted by Crippen LogP contribution is 2.39. The Bertz CT molecular complexity index is 1040. The molecule has 1 aromatic heterocycles. The number of hydrogen-bond donors (Lipinski definition) is 0. The van der Waals surface area contributed by atoms with E-state index in [0.29, 0.717) is 0 Å². The molecular weight excluding hydrogens is 389 g/mol. The van der Waals surface area contributed by atoms with E-state index in [-0.39, 0.29) is 23.4 Å². The van der Waals surface area contributed by atoms with Crippen LogP contribution in [0.2, 0.25) is 5.02 Å². The molecule has 0 N–H and O–H groups in total. The zero-order valence-electron chi connectivity index (χ0n) is 13.5. The van der Waals surface area contributed by atoms with Gasteiger partial charge in [-0.05, 0) is 18.2 Å². The van der Waals surface area contributed by atoms with Crippen LogP contribution in [0.4, 0.5) is 22.0 Å². The minimum atomic E-state index is -4.69. The lowest BCUT2D eigenvalue weighted by molar-refractivity contribution is -0.137. The molecule has 0 aliphatic heterocycles. The third-order valence-corrected chi connectivity index (χ3v) is 4.38. The van der Waals surface area contributed by atoms with Crippen molar-refractivity contribution in [2.45, 2.75) is 12.7 Å². The number of alkyl halides is 3. The van der Waals surface area contributed by atoms with Gasteiger partial charge in [-0.3, -0.25) is 4.79 Å². The normalized spacial score (nSPS) is 11.6. The fourth-order valence-electron chi connectivity index (χ4n) is 2.68. The summed E-state index contributed by atoms with van der Waals surface area (Å²) in [5.41, 5.74) is -1.89. The highest BCUT2D eigenvalue weighted by atomic mass is 35.5.